The highest BCUT2D eigenvalue weighted by Gasteiger charge is 2.30. The Labute approximate surface area is 145 Å². The van der Waals surface area contributed by atoms with Crippen LogP contribution in [0, 0.1) is 0 Å². The smallest absolute Gasteiger partial charge is 0.341 e. The summed E-state index contributed by atoms with van der Waals surface area (Å²) in [6.45, 7) is 0.311. The Hall–Kier alpha value is -2.30. The number of carbonyl (C=O) groups excluding carboxylic acids is 1. The van der Waals surface area contributed by atoms with Gasteiger partial charge in [0.2, 0.25) is 5.91 Å². The Morgan fingerprint density at radius 1 is 1.12 bits per heavy atom. The molecule has 0 aliphatic heterocycles. The first-order valence-electron chi connectivity index (χ1n) is 8.32. The van der Waals surface area contributed by atoms with Crippen molar-refractivity contribution in [1.82, 2.24) is 4.90 Å². The molecule has 0 spiro atoms. The second-order valence-electron chi connectivity index (χ2n) is 6.58. The summed E-state index contributed by atoms with van der Waals surface area (Å²) in [5, 5.41) is 0. The van der Waals surface area contributed by atoms with Crippen LogP contribution in [-0.4, -0.2) is 17.9 Å². The van der Waals surface area contributed by atoms with Gasteiger partial charge in [-0.15, -0.1) is 0 Å². The summed E-state index contributed by atoms with van der Waals surface area (Å²) in [6, 6.07) is 13.2. The van der Waals surface area contributed by atoms with E-state index in [0.29, 0.717) is 18.5 Å². The van der Waals surface area contributed by atoms with Crippen molar-refractivity contribution in [3.8, 4) is 0 Å². The number of aryl methyl sites for hydroxylation is 1. The minimum absolute atomic E-state index is 0.0154. The molecule has 5 heteroatoms. The van der Waals surface area contributed by atoms with E-state index in [0.717, 1.165) is 25.0 Å². The summed E-state index contributed by atoms with van der Waals surface area (Å²) >= 11 is 0. The molecular formula is C20H20F3NO. The first kappa shape index (κ1) is 17.5. The Kier molecular flexibility index (Phi) is 4.84. The lowest BCUT2D eigenvalue weighted by atomic mass is 9.97. The maximum atomic E-state index is 12.6. The molecular weight excluding hydrogens is 327 g/mol. The zero-order chi connectivity index (χ0) is 18.0. The molecule has 3 rings (SSSR count). The van der Waals surface area contributed by atoms with E-state index >= 15 is 0 Å². The van der Waals surface area contributed by atoms with Crippen molar-refractivity contribution in [3.05, 3.63) is 70.8 Å². The molecule has 2 nitrogen and oxygen atoms in total. The number of amides is 1. The highest BCUT2D eigenvalue weighted by Crippen LogP contribution is 2.35. The van der Waals surface area contributed by atoms with Gasteiger partial charge in [-0.2, -0.15) is 13.2 Å². The third kappa shape index (κ3) is 4.03. The van der Waals surface area contributed by atoms with E-state index in [-0.39, 0.29) is 11.8 Å². The minimum atomic E-state index is -4.34. The molecule has 1 amide bonds. The van der Waals surface area contributed by atoms with Crippen molar-refractivity contribution in [3.63, 3.8) is 0 Å². The van der Waals surface area contributed by atoms with E-state index in [2.05, 4.69) is 12.1 Å². The molecule has 0 aromatic heterocycles. The van der Waals surface area contributed by atoms with Gasteiger partial charge in [0.25, 0.3) is 0 Å². The maximum absolute atomic E-state index is 12.6. The molecule has 1 aliphatic rings. The van der Waals surface area contributed by atoms with Crippen molar-refractivity contribution in [2.45, 2.75) is 37.9 Å². The first-order chi connectivity index (χ1) is 11.8. The second kappa shape index (κ2) is 6.90. The average molecular weight is 347 g/mol. The number of fused-ring (bicyclic) bond motifs is 1. The highest BCUT2D eigenvalue weighted by molar-refractivity contribution is 5.77. The fourth-order valence-corrected chi connectivity index (χ4v) is 3.39. The number of benzene rings is 2. The zero-order valence-electron chi connectivity index (χ0n) is 14.0. The molecule has 0 saturated carbocycles. The molecule has 1 aliphatic carbocycles. The van der Waals surface area contributed by atoms with E-state index in [1.165, 1.54) is 23.3 Å². The fraction of sp³-hybridized carbons (Fsp3) is 0.350. The van der Waals surface area contributed by atoms with Crippen LogP contribution in [0.15, 0.2) is 48.5 Å². The molecule has 1 atom stereocenters. The second-order valence-corrected chi connectivity index (χ2v) is 6.58. The van der Waals surface area contributed by atoms with Gasteiger partial charge in [-0.1, -0.05) is 36.4 Å². The number of rotatable bonds is 4. The number of hydrogen-bond acceptors (Lipinski definition) is 1. The van der Waals surface area contributed by atoms with E-state index in [4.69, 9.17) is 0 Å². The van der Waals surface area contributed by atoms with E-state index in [1.807, 2.05) is 12.1 Å². The molecule has 0 radical (unpaired) electrons. The predicted octanol–water partition coefficient (Wildman–Crippen LogP) is 4.78. The SMILES string of the molecule is CN(Cc1ccc(C(F)(F)F)cc1)C(=O)CC1CCc2ccccc21. The molecule has 1 unspecified atom stereocenters. The van der Waals surface area contributed by atoms with Crippen molar-refractivity contribution < 1.29 is 18.0 Å². The quantitative estimate of drug-likeness (QED) is 0.779. The molecule has 0 fully saturated rings. The number of nitrogens with zero attached hydrogens (tertiary/aromatic N) is 1. The van der Waals surface area contributed by atoms with Gasteiger partial charge in [0.15, 0.2) is 0 Å². The van der Waals surface area contributed by atoms with Crippen molar-refractivity contribution >= 4 is 5.91 Å². The largest absolute Gasteiger partial charge is 0.416 e. The van der Waals surface area contributed by atoms with Gasteiger partial charge in [0.1, 0.15) is 0 Å². The number of carbonyl (C=O) groups is 1. The first-order valence-corrected chi connectivity index (χ1v) is 8.32. The van der Waals surface area contributed by atoms with Gasteiger partial charge < -0.3 is 4.90 Å². The molecule has 2 aromatic carbocycles. The molecule has 132 valence electrons. The summed E-state index contributed by atoms with van der Waals surface area (Å²) < 4.78 is 37.8. The van der Waals surface area contributed by atoms with Crippen LogP contribution in [0.3, 0.4) is 0 Å². The third-order valence-corrected chi connectivity index (χ3v) is 4.80. The summed E-state index contributed by atoms with van der Waals surface area (Å²) in [5.74, 6) is 0.250. The summed E-state index contributed by atoms with van der Waals surface area (Å²) in [6.07, 6.45) is -1.93. The molecule has 0 saturated heterocycles. The molecule has 0 N–H and O–H groups in total. The highest BCUT2D eigenvalue weighted by atomic mass is 19.4. The normalized spacial score (nSPS) is 16.6. The van der Waals surface area contributed by atoms with Crippen LogP contribution in [0.25, 0.3) is 0 Å². The lowest BCUT2D eigenvalue weighted by Crippen LogP contribution is -2.27. The van der Waals surface area contributed by atoms with Crippen LogP contribution in [-0.2, 0) is 23.9 Å². The van der Waals surface area contributed by atoms with Crippen LogP contribution < -0.4 is 0 Å². The van der Waals surface area contributed by atoms with Crippen LogP contribution in [0.1, 0.15) is 41.0 Å². The molecule has 2 aromatic rings. The van der Waals surface area contributed by atoms with Crippen molar-refractivity contribution in [2.24, 2.45) is 0 Å². The zero-order valence-corrected chi connectivity index (χ0v) is 14.0. The van der Waals surface area contributed by atoms with E-state index in [1.54, 1.807) is 11.9 Å². The molecule has 0 heterocycles. The van der Waals surface area contributed by atoms with Crippen LogP contribution >= 0.6 is 0 Å². The minimum Gasteiger partial charge on any atom is -0.341 e. The Bertz CT molecular complexity index is 752. The van der Waals surface area contributed by atoms with Gasteiger partial charge >= 0.3 is 6.18 Å². The lowest BCUT2D eigenvalue weighted by Gasteiger charge is -2.20. The van der Waals surface area contributed by atoms with E-state index < -0.39 is 11.7 Å². The van der Waals surface area contributed by atoms with Crippen LogP contribution in [0.2, 0.25) is 0 Å². The van der Waals surface area contributed by atoms with Gasteiger partial charge in [0.05, 0.1) is 5.56 Å². The summed E-state index contributed by atoms with van der Waals surface area (Å²) in [5.41, 5.74) is 2.58. The van der Waals surface area contributed by atoms with Crippen molar-refractivity contribution in [2.75, 3.05) is 7.05 Å². The van der Waals surface area contributed by atoms with Gasteiger partial charge in [-0.3, -0.25) is 4.79 Å². The van der Waals surface area contributed by atoms with Crippen molar-refractivity contribution in [1.29, 1.82) is 0 Å². The summed E-state index contributed by atoms with van der Waals surface area (Å²) in [7, 11) is 1.70. The predicted molar refractivity (Wildman–Crippen MR) is 90.0 cm³/mol. The maximum Gasteiger partial charge on any atom is 0.416 e. The Morgan fingerprint density at radius 3 is 2.48 bits per heavy atom. The van der Waals surface area contributed by atoms with Gasteiger partial charge in [0, 0.05) is 20.0 Å². The Balaban J connectivity index is 1.60. The number of alkyl halides is 3. The third-order valence-electron chi connectivity index (χ3n) is 4.80. The van der Waals surface area contributed by atoms with Gasteiger partial charge in [-0.05, 0) is 47.6 Å². The van der Waals surface area contributed by atoms with Crippen LogP contribution in [0.5, 0.6) is 0 Å². The molecule has 0 bridgehead atoms. The van der Waals surface area contributed by atoms with Gasteiger partial charge in [-0.25, -0.2) is 0 Å². The van der Waals surface area contributed by atoms with E-state index in [9.17, 15) is 18.0 Å². The standard InChI is InChI=1S/C20H20F3NO/c1-24(13-14-6-10-17(11-7-14)20(21,22)23)19(25)12-16-9-8-15-4-2-3-5-18(15)16/h2-7,10-11,16H,8-9,12-13H2,1H3. The number of hydrogen-bond donors (Lipinski definition) is 0. The Morgan fingerprint density at radius 2 is 1.80 bits per heavy atom. The lowest BCUT2D eigenvalue weighted by molar-refractivity contribution is -0.137. The monoisotopic (exact) mass is 347 g/mol. The summed E-state index contributed by atoms with van der Waals surface area (Å²) in [4.78, 5) is 14.1. The molecule has 25 heavy (non-hydrogen) atoms. The fourth-order valence-electron chi connectivity index (χ4n) is 3.39. The average Bonchev–Trinajstić information content (AvgIpc) is 2.97. The number of halogens is 3. The topological polar surface area (TPSA) is 20.3 Å². The van der Waals surface area contributed by atoms with Crippen LogP contribution in [0.4, 0.5) is 13.2 Å².